The zero-order valence-corrected chi connectivity index (χ0v) is 13.8. The van der Waals surface area contributed by atoms with Crippen LogP contribution < -0.4 is 10.6 Å². The van der Waals surface area contributed by atoms with Crippen molar-refractivity contribution in [1.29, 1.82) is 0 Å². The van der Waals surface area contributed by atoms with E-state index in [1.165, 1.54) is 30.5 Å². The summed E-state index contributed by atoms with van der Waals surface area (Å²) in [5.74, 6) is -0.811. The quantitative estimate of drug-likeness (QED) is 0.679. The lowest BCUT2D eigenvalue weighted by Crippen LogP contribution is -2.11. The second-order valence-corrected chi connectivity index (χ2v) is 6.21. The van der Waals surface area contributed by atoms with Crippen LogP contribution in [0, 0.1) is 0 Å². The van der Waals surface area contributed by atoms with Crippen molar-refractivity contribution in [3.05, 3.63) is 71.0 Å². The summed E-state index contributed by atoms with van der Waals surface area (Å²) in [6.45, 7) is 0. The van der Waals surface area contributed by atoms with Gasteiger partial charge >= 0.3 is 6.18 Å². The van der Waals surface area contributed by atoms with Gasteiger partial charge in [-0.3, -0.25) is 9.59 Å². The van der Waals surface area contributed by atoms with Crippen LogP contribution in [0.5, 0.6) is 0 Å². The number of furan rings is 1. The summed E-state index contributed by atoms with van der Waals surface area (Å²) in [6.07, 6.45) is -3.07. The van der Waals surface area contributed by atoms with Crippen LogP contribution >= 0.6 is 11.3 Å². The number of benzene rings is 1. The largest absolute Gasteiger partial charge is 0.459 e. The van der Waals surface area contributed by atoms with Gasteiger partial charge in [0.1, 0.15) is 0 Å². The van der Waals surface area contributed by atoms with E-state index in [4.69, 9.17) is 4.42 Å². The van der Waals surface area contributed by atoms with Crippen LogP contribution in [-0.4, -0.2) is 11.8 Å². The van der Waals surface area contributed by atoms with Crippen molar-refractivity contribution < 1.29 is 27.2 Å². The standard InChI is InChI=1S/C17H11F3N2O3S/c18-17(19,20)10-3-5-11(6-4-10)21-16(24)13-7-8-14(26-13)22-15(23)12-2-1-9-25-12/h1-9H,(H,21,24)(H,22,23). The average molecular weight is 380 g/mol. The summed E-state index contributed by atoms with van der Waals surface area (Å²) in [4.78, 5) is 24.3. The van der Waals surface area contributed by atoms with Gasteiger partial charge in [-0.15, -0.1) is 11.3 Å². The van der Waals surface area contributed by atoms with E-state index in [9.17, 15) is 22.8 Å². The van der Waals surface area contributed by atoms with E-state index in [2.05, 4.69) is 10.6 Å². The topological polar surface area (TPSA) is 71.3 Å². The molecule has 3 aromatic rings. The minimum absolute atomic E-state index is 0.133. The summed E-state index contributed by atoms with van der Waals surface area (Å²) in [5, 5.41) is 5.53. The predicted octanol–water partition coefficient (Wildman–Crippen LogP) is 4.86. The number of carbonyl (C=O) groups is 2. The Bertz CT molecular complexity index is 916. The first kappa shape index (κ1) is 17.7. The molecule has 0 unspecified atom stereocenters. The van der Waals surface area contributed by atoms with E-state index >= 15 is 0 Å². The highest BCUT2D eigenvalue weighted by molar-refractivity contribution is 7.18. The van der Waals surface area contributed by atoms with Crippen LogP contribution in [0.15, 0.2) is 59.2 Å². The fourth-order valence-electron chi connectivity index (χ4n) is 2.04. The number of alkyl halides is 3. The third-order valence-corrected chi connectivity index (χ3v) is 4.28. The van der Waals surface area contributed by atoms with Crippen LogP contribution in [0.1, 0.15) is 25.8 Å². The minimum atomic E-state index is -4.43. The van der Waals surface area contributed by atoms with Gasteiger partial charge in [-0.05, 0) is 48.5 Å². The van der Waals surface area contributed by atoms with Crippen molar-refractivity contribution in [2.75, 3.05) is 10.6 Å². The van der Waals surface area contributed by atoms with Crippen LogP contribution in [0.3, 0.4) is 0 Å². The third-order valence-electron chi connectivity index (χ3n) is 3.28. The normalized spacial score (nSPS) is 11.2. The number of anilines is 2. The third kappa shape index (κ3) is 4.12. The van der Waals surface area contributed by atoms with Gasteiger partial charge in [0, 0.05) is 5.69 Å². The molecule has 3 rings (SSSR count). The summed E-state index contributed by atoms with van der Waals surface area (Å²) in [7, 11) is 0. The van der Waals surface area contributed by atoms with E-state index in [0.29, 0.717) is 9.88 Å². The minimum Gasteiger partial charge on any atom is -0.459 e. The number of halogens is 3. The Morgan fingerprint density at radius 3 is 2.27 bits per heavy atom. The molecule has 1 aromatic carbocycles. The summed E-state index contributed by atoms with van der Waals surface area (Å²) in [6, 6.07) is 10.3. The van der Waals surface area contributed by atoms with Gasteiger partial charge in [0.25, 0.3) is 11.8 Å². The van der Waals surface area contributed by atoms with Gasteiger partial charge in [-0.2, -0.15) is 13.2 Å². The Morgan fingerprint density at radius 1 is 0.923 bits per heavy atom. The molecule has 134 valence electrons. The molecule has 2 amide bonds. The first-order valence-electron chi connectivity index (χ1n) is 7.26. The van der Waals surface area contributed by atoms with Crippen molar-refractivity contribution in [2.24, 2.45) is 0 Å². The highest BCUT2D eigenvalue weighted by atomic mass is 32.1. The molecular formula is C17H11F3N2O3S. The van der Waals surface area contributed by atoms with Crippen molar-refractivity contribution in [1.82, 2.24) is 0 Å². The van der Waals surface area contributed by atoms with E-state index in [0.717, 1.165) is 23.5 Å². The average Bonchev–Trinajstić information content (AvgIpc) is 3.26. The maximum atomic E-state index is 12.5. The van der Waals surface area contributed by atoms with E-state index in [1.807, 2.05) is 0 Å². The molecule has 9 heteroatoms. The number of carbonyl (C=O) groups excluding carboxylic acids is 2. The number of hydrogen-bond donors (Lipinski definition) is 2. The van der Waals surface area contributed by atoms with E-state index < -0.39 is 23.6 Å². The molecule has 2 N–H and O–H groups in total. The van der Waals surface area contributed by atoms with E-state index in [1.54, 1.807) is 12.1 Å². The van der Waals surface area contributed by atoms with Crippen LogP contribution in [0.2, 0.25) is 0 Å². The van der Waals surface area contributed by atoms with Gasteiger partial charge in [-0.1, -0.05) is 0 Å². The van der Waals surface area contributed by atoms with Crippen LogP contribution in [0.4, 0.5) is 23.9 Å². The smallest absolute Gasteiger partial charge is 0.416 e. The molecule has 0 fully saturated rings. The summed E-state index contributed by atoms with van der Waals surface area (Å²) < 4.78 is 42.6. The van der Waals surface area contributed by atoms with Gasteiger partial charge in [0.05, 0.1) is 21.7 Å². The molecule has 0 atom stereocenters. The number of rotatable bonds is 4. The highest BCUT2D eigenvalue weighted by Crippen LogP contribution is 2.30. The molecule has 0 aliphatic heterocycles. The molecule has 2 heterocycles. The monoisotopic (exact) mass is 380 g/mol. The Kier molecular flexibility index (Phi) is 4.81. The molecule has 0 aliphatic rings. The molecule has 26 heavy (non-hydrogen) atoms. The van der Waals surface area contributed by atoms with Gasteiger partial charge in [0.2, 0.25) is 0 Å². The van der Waals surface area contributed by atoms with Gasteiger partial charge in [0.15, 0.2) is 5.76 Å². The second-order valence-electron chi connectivity index (χ2n) is 5.12. The summed E-state index contributed by atoms with van der Waals surface area (Å²) in [5.41, 5.74) is -0.563. The van der Waals surface area contributed by atoms with Crippen molar-refractivity contribution >= 4 is 33.8 Å². The zero-order chi connectivity index (χ0) is 18.7. The number of thiophene rings is 1. The lowest BCUT2D eigenvalue weighted by molar-refractivity contribution is -0.137. The SMILES string of the molecule is O=C(Nc1ccc(C(=O)Nc2ccc(C(F)(F)F)cc2)s1)c1ccco1. The van der Waals surface area contributed by atoms with E-state index in [-0.39, 0.29) is 11.4 Å². The highest BCUT2D eigenvalue weighted by Gasteiger charge is 2.30. The Morgan fingerprint density at radius 2 is 1.65 bits per heavy atom. The number of hydrogen-bond acceptors (Lipinski definition) is 4. The zero-order valence-electron chi connectivity index (χ0n) is 13.0. The van der Waals surface area contributed by atoms with Crippen LogP contribution in [0.25, 0.3) is 0 Å². The van der Waals surface area contributed by atoms with Crippen molar-refractivity contribution in [3.8, 4) is 0 Å². The molecule has 0 saturated carbocycles. The Labute approximate surface area is 149 Å². The maximum Gasteiger partial charge on any atom is 0.416 e. The van der Waals surface area contributed by atoms with Gasteiger partial charge in [-0.25, -0.2) is 0 Å². The first-order chi connectivity index (χ1) is 12.3. The predicted molar refractivity (Wildman–Crippen MR) is 90.4 cm³/mol. The molecule has 0 spiro atoms. The van der Waals surface area contributed by atoms with Crippen molar-refractivity contribution in [2.45, 2.75) is 6.18 Å². The molecular weight excluding hydrogens is 369 g/mol. The first-order valence-corrected chi connectivity index (χ1v) is 8.08. The molecule has 0 radical (unpaired) electrons. The Balaban J connectivity index is 1.64. The fourth-order valence-corrected chi connectivity index (χ4v) is 2.84. The van der Waals surface area contributed by atoms with Gasteiger partial charge < -0.3 is 15.1 Å². The molecule has 0 bridgehead atoms. The lowest BCUT2D eigenvalue weighted by atomic mass is 10.2. The molecule has 2 aromatic heterocycles. The molecule has 5 nitrogen and oxygen atoms in total. The number of nitrogens with one attached hydrogen (secondary N) is 2. The number of amides is 2. The fraction of sp³-hybridized carbons (Fsp3) is 0.0588. The van der Waals surface area contributed by atoms with Crippen LogP contribution in [-0.2, 0) is 6.18 Å². The second kappa shape index (κ2) is 7.04. The summed E-state index contributed by atoms with van der Waals surface area (Å²) >= 11 is 1.03. The molecule has 0 aliphatic carbocycles. The lowest BCUT2D eigenvalue weighted by Gasteiger charge is -2.08. The Hall–Kier alpha value is -3.07. The molecule has 0 saturated heterocycles. The maximum absolute atomic E-state index is 12.5. The van der Waals surface area contributed by atoms with Crippen molar-refractivity contribution in [3.63, 3.8) is 0 Å².